The number of rotatable bonds is 6. The number of halogens is 2. The van der Waals surface area contributed by atoms with Crippen LogP contribution in [0.3, 0.4) is 0 Å². The van der Waals surface area contributed by atoms with E-state index in [9.17, 15) is 4.79 Å². The summed E-state index contributed by atoms with van der Waals surface area (Å²) in [5.41, 5.74) is 0.815. The van der Waals surface area contributed by atoms with Crippen LogP contribution in [-0.2, 0) is 11.8 Å². The molecule has 0 aromatic carbocycles. The molecule has 1 aliphatic rings. The molecule has 0 saturated carbocycles. The highest BCUT2D eigenvalue weighted by Crippen LogP contribution is 2.22. The van der Waals surface area contributed by atoms with Gasteiger partial charge in [-0.05, 0) is 13.0 Å². The zero-order valence-electron chi connectivity index (χ0n) is 16.4. The van der Waals surface area contributed by atoms with Gasteiger partial charge in [0.1, 0.15) is 12.4 Å². The number of hydrogen-bond donors (Lipinski definition) is 2. The summed E-state index contributed by atoms with van der Waals surface area (Å²) in [6, 6.07) is 1.64. The summed E-state index contributed by atoms with van der Waals surface area (Å²) in [7, 11) is 1.83. The normalized spacial score (nSPS) is 15.0. The van der Waals surface area contributed by atoms with Crippen molar-refractivity contribution in [3.63, 3.8) is 0 Å². The molecule has 0 spiro atoms. The molecule has 0 aliphatic carbocycles. The van der Waals surface area contributed by atoms with Crippen molar-refractivity contribution in [1.82, 2.24) is 25.0 Å². The largest absolute Gasteiger partial charge is 0.367 e. The second kappa shape index (κ2) is 9.80. The van der Waals surface area contributed by atoms with E-state index in [1.807, 2.05) is 25.1 Å². The lowest BCUT2D eigenvalue weighted by molar-refractivity contribution is -0.120. The number of hydrogen-bond acceptors (Lipinski definition) is 5. The molecule has 11 heteroatoms. The summed E-state index contributed by atoms with van der Waals surface area (Å²) in [5, 5.41) is 11.5. The molecule has 3 rings (SSSR count). The van der Waals surface area contributed by atoms with E-state index in [1.165, 1.54) is 6.20 Å². The average molecular weight is 439 g/mol. The lowest BCUT2D eigenvalue weighted by Crippen LogP contribution is -2.55. The van der Waals surface area contributed by atoms with Crippen molar-refractivity contribution in [2.45, 2.75) is 6.92 Å². The summed E-state index contributed by atoms with van der Waals surface area (Å²) in [5.74, 6) is 1.30. The van der Waals surface area contributed by atoms with Crippen LogP contribution in [0.1, 0.15) is 6.92 Å². The molecular formula is C18H24Cl2N8O. The number of nitrogens with zero attached hydrogens (tertiary/aromatic N) is 6. The molecule has 2 aromatic rings. The van der Waals surface area contributed by atoms with E-state index in [0.29, 0.717) is 54.5 Å². The van der Waals surface area contributed by atoms with Crippen molar-refractivity contribution in [1.29, 1.82) is 0 Å². The van der Waals surface area contributed by atoms with E-state index in [-0.39, 0.29) is 12.5 Å². The first-order valence-electron chi connectivity index (χ1n) is 9.35. The molecule has 1 saturated heterocycles. The van der Waals surface area contributed by atoms with E-state index in [2.05, 4.69) is 25.7 Å². The molecule has 0 bridgehead atoms. The number of guanidine groups is 1. The Labute approximate surface area is 179 Å². The standard InChI is InChI=1S/C18H24Cl2N8O/c1-3-21-18(23-5-4-22-17-15(20)8-13(19)9-24-17)27-6-7-28(16(29)12-27)14-10-25-26(2)11-14/h8-11H,3-7,12H2,1-2H3,(H,21,23)(H,22,24). The lowest BCUT2D eigenvalue weighted by Gasteiger charge is -2.35. The van der Waals surface area contributed by atoms with Crippen LogP contribution in [0.15, 0.2) is 29.6 Å². The van der Waals surface area contributed by atoms with Crippen molar-refractivity contribution in [2.24, 2.45) is 12.0 Å². The minimum Gasteiger partial charge on any atom is -0.367 e. The minimum absolute atomic E-state index is 0.0186. The number of carbonyl (C=O) groups excluding carboxylic acids is 1. The van der Waals surface area contributed by atoms with Crippen molar-refractivity contribution in [2.75, 3.05) is 49.5 Å². The number of anilines is 2. The third-order valence-electron chi connectivity index (χ3n) is 4.33. The predicted molar refractivity (Wildman–Crippen MR) is 116 cm³/mol. The van der Waals surface area contributed by atoms with Gasteiger partial charge < -0.3 is 20.4 Å². The number of piperazine rings is 1. The molecule has 29 heavy (non-hydrogen) atoms. The van der Waals surface area contributed by atoms with E-state index in [0.717, 1.165) is 5.69 Å². The third-order valence-corrected chi connectivity index (χ3v) is 4.83. The summed E-state index contributed by atoms with van der Waals surface area (Å²) in [4.78, 5) is 25.1. The number of amides is 1. The first-order chi connectivity index (χ1) is 14.0. The zero-order chi connectivity index (χ0) is 20.8. The van der Waals surface area contributed by atoms with Crippen molar-refractivity contribution < 1.29 is 4.79 Å². The quantitative estimate of drug-likeness (QED) is 0.406. The zero-order valence-corrected chi connectivity index (χ0v) is 17.9. The Bertz CT molecular complexity index is 884. The van der Waals surface area contributed by atoms with Gasteiger partial charge in [-0.25, -0.2) is 4.98 Å². The van der Waals surface area contributed by atoms with Crippen LogP contribution in [-0.4, -0.2) is 70.8 Å². The number of aryl methyl sites for hydroxylation is 1. The maximum absolute atomic E-state index is 12.6. The number of pyridine rings is 1. The van der Waals surface area contributed by atoms with Crippen LogP contribution >= 0.6 is 23.2 Å². The van der Waals surface area contributed by atoms with Crippen LogP contribution in [0, 0.1) is 0 Å². The Morgan fingerprint density at radius 1 is 1.31 bits per heavy atom. The van der Waals surface area contributed by atoms with Gasteiger partial charge in [0.05, 0.1) is 28.5 Å². The van der Waals surface area contributed by atoms with Gasteiger partial charge in [-0.3, -0.25) is 14.5 Å². The Hall–Kier alpha value is -2.52. The Balaban J connectivity index is 1.57. The SMILES string of the molecule is CCNC(=NCCNc1ncc(Cl)cc1Cl)N1CCN(c2cnn(C)c2)C(=O)C1. The molecule has 156 valence electrons. The van der Waals surface area contributed by atoms with Gasteiger partial charge in [0.2, 0.25) is 5.91 Å². The third kappa shape index (κ3) is 5.51. The van der Waals surface area contributed by atoms with Crippen LogP contribution < -0.4 is 15.5 Å². The molecule has 9 nitrogen and oxygen atoms in total. The predicted octanol–water partition coefficient (Wildman–Crippen LogP) is 1.85. The second-order valence-electron chi connectivity index (χ2n) is 6.49. The molecule has 1 fully saturated rings. The van der Waals surface area contributed by atoms with Crippen molar-refractivity contribution in [3.05, 3.63) is 34.7 Å². The Morgan fingerprint density at radius 2 is 2.14 bits per heavy atom. The second-order valence-corrected chi connectivity index (χ2v) is 7.33. The molecule has 2 aromatic heterocycles. The van der Waals surface area contributed by atoms with Gasteiger partial charge in [0.15, 0.2) is 5.96 Å². The van der Waals surface area contributed by atoms with E-state index < -0.39 is 0 Å². The summed E-state index contributed by atoms with van der Waals surface area (Å²) >= 11 is 12.0. The molecule has 0 atom stereocenters. The van der Waals surface area contributed by atoms with Crippen molar-refractivity contribution in [3.8, 4) is 0 Å². The molecule has 1 amide bonds. The topological polar surface area (TPSA) is 90.7 Å². The number of aliphatic imine (C=N–C) groups is 1. The summed E-state index contributed by atoms with van der Waals surface area (Å²) < 4.78 is 1.69. The highest BCUT2D eigenvalue weighted by Gasteiger charge is 2.27. The van der Waals surface area contributed by atoms with E-state index in [1.54, 1.807) is 21.8 Å². The van der Waals surface area contributed by atoms with Crippen LogP contribution in [0.5, 0.6) is 0 Å². The highest BCUT2D eigenvalue weighted by atomic mass is 35.5. The fraction of sp³-hybridized carbons (Fsp3) is 0.444. The number of aromatic nitrogens is 3. The number of carbonyl (C=O) groups is 1. The maximum atomic E-state index is 12.6. The summed E-state index contributed by atoms with van der Waals surface area (Å²) in [6.07, 6.45) is 5.08. The van der Waals surface area contributed by atoms with E-state index in [4.69, 9.17) is 23.2 Å². The monoisotopic (exact) mass is 438 g/mol. The van der Waals surface area contributed by atoms with Gasteiger partial charge in [0, 0.05) is 45.6 Å². The van der Waals surface area contributed by atoms with E-state index >= 15 is 0 Å². The minimum atomic E-state index is 0.0186. The van der Waals surface area contributed by atoms with Gasteiger partial charge in [-0.15, -0.1) is 0 Å². The smallest absolute Gasteiger partial charge is 0.246 e. The van der Waals surface area contributed by atoms with Gasteiger partial charge in [-0.2, -0.15) is 5.10 Å². The number of nitrogens with one attached hydrogen (secondary N) is 2. The van der Waals surface area contributed by atoms with Crippen molar-refractivity contribution >= 4 is 46.6 Å². The first-order valence-corrected chi connectivity index (χ1v) is 10.1. The molecule has 3 heterocycles. The highest BCUT2D eigenvalue weighted by molar-refractivity contribution is 6.35. The first kappa shape index (κ1) is 21.2. The van der Waals surface area contributed by atoms with Gasteiger partial charge in [0.25, 0.3) is 0 Å². The Morgan fingerprint density at radius 3 is 2.79 bits per heavy atom. The average Bonchev–Trinajstić information content (AvgIpc) is 3.11. The fourth-order valence-electron chi connectivity index (χ4n) is 2.98. The molecule has 1 aliphatic heterocycles. The molecule has 2 N–H and O–H groups in total. The van der Waals surface area contributed by atoms with Crippen LogP contribution in [0.25, 0.3) is 0 Å². The molecule has 0 unspecified atom stereocenters. The maximum Gasteiger partial charge on any atom is 0.246 e. The summed E-state index contributed by atoms with van der Waals surface area (Å²) in [6.45, 7) is 5.29. The molecule has 0 radical (unpaired) electrons. The Kier molecular flexibility index (Phi) is 7.16. The lowest BCUT2D eigenvalue weighted by atomic mass is 10.3. The fourth-order valence-corrected chi connectivity index (χ4v) is 3.43. The van der Waals surface area contributed by atoms with Gasteiger partial charge in [-0.1, -0.05) is 23.2 Å². The van der Waals surface area contributed by atoms with Crippen LogP contribution in [0.4, 0.5) is 11.5 Å². The van der Waals surface area contributed by atoms with Crippen LogP contribution in [0.2, 0.25) is 10.0 Å². The van der Waals surface area contributed by atoms with Gasteiger partial charge >= 0.3 is 0 Å². The molecular weight excluding hydrogens is 415 g/mol.